The molecule has 3 atom stereocenters. The Kier molecular flexibility index (Phi) is 10.6. The van der Waals surface area contributed by atoms with Crippen LogP contribution in [0.25, 0.3) is 0 Å². The Morgan fingerprint density at radius 1 is 0.977 bits per heavy atom. The standard InChI is InChI=1S/C33H44N2O8/c1-31(2,3)43-30(40)34-24(16-17-33(6,41)29(38)39)19-32(4,5)20-27(36)35-21-25(18-23-14-10-11-15-26(23)35)42-28(37)22-12-8-7-9-13-22/h7-15,24-25,41H,16-21H2,1-6H3,(H,34,40)(H,38,39)/t24-,25+,33+/m0/s1. The summed E-state index contributed by atoms with van der Waals surface area (Å²) >= 11 is 0. The molecule has 0 aromatic heterocycles. The van der Waals surface area contributed by atoms with Crippen LogP contribution in [0.4, 0.5) is 10.5 Å². The van der Waals surface area contributed by atoms with Gasteiger partial charge in [0.1, 0.15) is 11.7 Å². The number of amides is 2. The van der Waals surface area contributed by atoms with Crippen LogP contribution in [-0.2, 0) is 25.5 Å². The molecule has 10 heteroatoms. The maximum Gasteiger partial charge on any atom is 0.407 e. The molecule has 0 saturated heterocycles. The number of anilines is 1. The van der Waals surface area contributed by atoms with Crippen molar-refractivity contribution in [2.75, 3.05) is 11.4 Å². The number of nitrogens with zero attached hydrogens (tertiary/aromatic N) is 1. The summed E-state index contributed by atoms with van der Waals surface area (Å²) < 4.78 is 11.2. The van der Waals surface area contributed by atoms with Gasteiger partial charge in [0, 0.05) is 24.6 Å². The van der Waals surface area contributed by atoms with Crippen LogP contribution < -0.4 is 10.2 Å². The summed E-state index contributed by atoms with van der Waals surface area (Å²) in [6, 6.07) is 15.7. The number of carboxylic acids is 1. The number of fused-ring (bicyclic) bond motifs is 1. The van der Waals surface area contributed by atoms with Gasteiger partial charge in [-0.3, -0.25) is 4.79 Å². The molecule has 2 aromatic carbocycles. The van der Waals surface area contributed by atoms with Gasteiger partial charge in [-0.2, -0.15) is 0 Å². The molecule has 2 amide bonds. The van der Waals surface area contributed by atoms with E-state index >= 15 is 0 Å². The van der Waals surface area contributed by atoms with Gasteiger partial charge >= 0.3 is 18.0 Å². The summed E-state index contributed by atoms with van der Waals surface area (Å²) in [7, 11) is 0. The second kappa shape index (κ2) is 13.6. The van der Waals surface area contributed by atoms with E-state index in [1.54, 1.807) is 49.9 Å². The molecule has 1 aliphatic heterocycles. The van der Waals surface area contributed by atoms with Crippen molar-refractivity contribution in [1.82, 2.24) is 5.32 Å². The summed E-state index contributed by atoms with van der Waals surface area (Å²) in [4.78, 5) is 52.4. The predicted octanol–water partition coefficient (Wildman–Crippen LogP) is 5.12. The van der Waals surface area contributed by atoms with Gasteiger partial charge in [-0.05, 0) is 76.1 Å². The number of benzene rings is 2. The summed E-state index contributed by atoms with van der Waals surface area (Å²) in [5, 5.41) is 22.5. The third kappa shape index (κ3) is 10.1. The molecule has 0 aliphatic carbocycles. The van der Waals surface area contributed by atoms with E-state index in [1.807, 2.05) is 44.2 Å². The maximum absolute atomic E-state index is 13.8. The van der Waals surface area contributed by atoms with Gasteiger partial charge < -0.3 is 29.9 Å². The number of aliphatic hydroxyl groups is 1. The van der Waals surface area contributed by atoms with Gasteiger partial charge in [0.05, 0.1) is 12.1 Å². The molecule has 0 bridgehead atoms. The number of alkyl carbamates (subject to hydrolysis) is 1. The lowest BCUT2D eigenvalue weighted by Crippen LogP contribution is -2.47. The zero-order valence-electron chi connectivity index (χ0n) is 25.9. The number of ether oxygens (including phenoxy) is 2. The fourth-order valence-electron chi connectivity index (χ4n) is 5.17. The Morgan fingerprint density at radius 2 is 1.60 bits per heavy atom. The second-order valence-electron chi connectivity index (χ2n) is 13.2. The van der Waals surface area contributed by atoms with Crippen molar-refractivity contribution in [2.24, 2.45) is 5.41 Å². The number of hydrogen-bond acceptors (Lipinski definition) is 7. The third-order valence-corrected chi connectivity index (χ3v) is 7.29. The number of carbonyl (C=O) groups is 4. The van der Waals surface area contributed by atoms with E-state index in [0.29, 0.717) is 18.4 Å². The first-order chi connectivity index (χ1) is 20.0. The zero-order chi connectivity index (χ0) is 32.0. The van der Waals surface area contributed by atoms with Crippen LogP contribution in [0, 0.1) is 5.41 Å². The normalized spacial score (nSPS) is 17.2. The number of aliphatic carboxylic acids is 1. The largest absolute Gasteiger partial charge is 0.479 e. The maximum atomic E-state index is 13.8. The number of nitrogens with one attached hydrogen (secondary N) is 1. The lowest BCUT2D eigenvalue weighted by Gasteiger charge is -2.37. The molecule has 1 heterocycles. The van der Waals surface area contributed by atoms with E-state index in [-0.39, 0.29) is 31.7 Å². The molecule has 1 aliphatic rings. The summed E-state index contributed by atoms with van der Waals surface area (Å²) in [6.45, 7) is 10.4. The summed E-state index contributed by atoms with van der Waals surface area (Å²) in [6.07, 6.45) is -0.260. The van der Waals surface area contributed by atoms with Crippen LogP contribution in [0.1, 0.15) is 83.1 Å². The first-order valence-electron chi connectivity index (χ1n) is 14.6. The van der Waals surface area contributed by atoms with Gasteiger partial charge in [0.2, 0.25) is 5.91 Å². The van der Waals surface area contributed by atoms with E-state index in [2.05, 4.69) is 5.32 Å². The molecule has 0 spiro atoms. The number of rotatable bonds is 11. The van der Waals surface area contributed by atoms with E-state index < -0.39 is 46.8 Å². The Hall–Kier alpha value is -3.92. The zero-order valence-corrected chi connectivity index (χ0v) is 25.9. The number of carboxylic acid groups (broad SMARTS) is 1. The first kappa shape index (κ1) is 33.6. The average molecular weight is 597 g/mol. The van der Waals surface area contributed by atoms with Crippen molar-refractivity contribution in [3.8, 4) is 0 Å². The molecular weight excluding hydrogens is 552 g/mol. The van der Waals surface area contributed by atoms with Crippen LogP contribution in [0.2, 0.25) is 0 Å². The predicted molar refractivity (Wildman–Crippen MR) is 162 cm³/mol. The minimum absolute atomic E-state index is 0.0997. The minimum atomic E-state index is -1.97. The van der Waals surface area contributed by atoms with Gasteiger partial charge in [0.15, 0.2) is 5.60 Å². The highest BCUT2D eigenvalue weighted by molar-refractivity contribution is 5.95. The SMILES string of the molecule is CC(C)(CC(=O)N1C[C@H](OC(=O)c2ccccc2)Cc2ccccc21)C[C@H](CC[C@@](C)(O)C(=O)O)NC(=O)OC(C)(C)C. The molecular formula is C33H44N2O8. The second-order valence-corrected chi connectivity index (χ2v) is 13.2. The molecule has 0 radical (unpaired) electrons. The molecule has 0 saturated carbocycles. The molecule has 234 valence electrons. The number of hydrogen-bond donors (Lipinski definition) is 3. The van der Waals surface area contributed by atoms with Gasteiger partial charge in [0.25, 0.3) is 0 Å². The summed E-state index contributed by atoms with van der Waals surface area (Å²) in [5.41, 5.74) is -1.27. The van der Waals surface area contributed by atoms with Crippen LogP contribution in [0.5, 0.6) is 0 Å². The van der Waals surface area contributed by atoms with Crippen molar-refractivity contribution < 1.29 is 38.9 Å². The number of para-hydroxylation sites is 1. The van der Waals surface area contributed by atoms with E-state index in [1.165, 1.54) is 6.92 Å². The van der Waals surface area contributed by atoms with Gasteiger partial charge in [-0.25, -0.2) is 14.4 Å². The highest BCUT2D eigenvalue weighted by Gasteiger charge is 2.36. The Balaban J connectivity index is 1.75. The van der Waals surface area contributed by atoms with Crippen molar-refractivity contribution in [1.29, 1.82) is 0 Å². The molecule has 10 nitrogen and oxygen atoms in total. The Bertz CT molecular complexity index is 1300. The number of esters is 1. The first-order valence-corrected chi connectivity index (χ1v) is 14.6. The van der Waals surface area contributed by atoms with Gasteiger partial charge in [-0.15, -0.1) is 0 Å². The van der Waals surface area contributed by atoms with E-state index in [9.17, 15) is 29.4 Å². The van der Waals surface area contributed by atoms with Gasteiger partial charge in [-0.1, -0.05) is 50.2 Å². The van der Waals surface area contributed by atoms with Crippen LogP contribution in [0.3, 0.4) is 0 Å². The topological polar surface area (TPSA) is 142 Å². The monoisotopic (exact) mass is 596 g/mol. The molecule has 2 aromatic rings. The van der Waals surface area contributed by atoms with E-state index in [4.69, 9.17) is 9.47 Å². The lowest BCUT2D eigenvalue weighted by molar-refractivity contribution is -0.157. The quantitative estimate of drug-likeness (QED) is 0.304. The fraction of sp³-hybridized carbons (Fsp3) is 0.515. The smallest absolute Gasteiger partial charge is 0.407 e. The van der Waals surface area contributed by atoms with Crippen molar-refractivity contribution in [2.45, 2.75) is 97.0 Å². The van der Waals surface area contributed by atoms with Crippen molar-refractivity contribution in [3.05, 3.63) is 65.7 Å². The van der Waals surface area contributed by atoms with Crippen LogP contribution in [0.15, 0.2) is 54.6 Å². The van der Waals surface area contributed by atoms with E-state index in [0.717, 1.165) is 11.3 Å². The Labute approximate surface area is 253 Å². The third-order valence-electron chi connectivity index (χ3n) is 7.29. The molecule has 3 N–H and O–H groups in total. The van der Waals surface area contributed by atoms with Crippen LogP contribution in [-0.4, -0.2) is 64.0 Å². The number of carbonyl (C=O) groups excluding carboxylic acids is 3. The highest BCUT2D eigenvalue weighted by Crippen LogP contribution is 2.34. The average Bonchev–Trinajstić information content (AvgIpc) is 2.90. The minimum Gasteiger partial charge on any atom is -0.479 e. The molecule has 0 unspecified atom stereocenters. The van der Waals surface area contributed by atoms with Crippen molar-refractivity contribution >= 4 is 29.6 Å². The van der Waals surface area contributed by atoms with Crippen LogP contribution >= 0.6 is 0 Å². The fourth-order valence-corrected chi connectivity index (χ4v) is 5.17. The summed E-state index contributed by atoms with van der Waals surface area (Å²) in [5.74, 6) is -1.98. The Morgan fingerprint density at radius 3 is 2.23 bits per heavy atom. The highest BCUT2D eigenvalue weighted by atomic mass is 16.6. The van der Waals surface area contributed by atoms with Crippen molar-refractivity contribution in [3.63, 3.8) is 0 Å². The molecule has 3 rings (SSSR count). The molecule has 0 fully saturated rings. The molecule has 43 heavy (non-hydrogen) atoms. The lowest BCUT2D eigenvalue weighted by atomic mass is 9.80.